The largest absolute Gasteiger partial charge is 0.497 e. The molecule has 48 heavy (non-hydrogen) atoms. The van der Waals surface area contributed by atoms with E-state index < -0.39 is 53.0 Å². The van der Waals surface area contributed by atoms with Crippen molar-refractivity contribution in [3.05, 3.63) is 117 Å². The maximum atomic E-state index is 15.6. The van der Waals surface area contributed by atoms with Crippen LogP contribution < -0.4 is 15.6 Å². The van der Waals surface area contributed by atoms with E-state index in [2.05, 4.69) is 5.32 Å². The molecule has 0 amide bonds. The highest BCUT2D eigenvalue weighted by molar-refractivity contribution is 7.99. The summed E-state index contributed by atoms with van der Waals surface area (Å²) in [7, 11) is 1.37. The van der Waals surface area contributed by atoms with Gasteiger partial charge in [-0.15, -0.1) is 11.8 Å². The molecule has 0 fully saturated rings. The van der Waals surface area contributed by atoms with Gasteiger partial charge in [0, 0.05) is 35.8 Å². The molecule has 0 saturated carbocycles. The minimum absolute atomic E-state index is 0.0274. The molecule has 6 nitrogen and oxygen atoms in total. The Balaban J connectivity index is 1.68. The van der Waals surface area contributed by atoms with Crippen molar-refractivity contribution in [1.29, 1.82) is 0 Å². The van der Waals surface area contributed by atoms with Crippen LogP contribution in [0.1, 0.15) is 59.7 Å². The van der Waals surface area contributed by atoms with Gasteiger partial charge in [0.2, 0.25) is 0 Å². The zero-order chi connectivity index (χ0) is 34.6. The topological polar surface area (TPSA) is 69.6 Å². The van der Waals surface area contributed by atoms with Crippen LogP contribution >= 0.6 is 11.8 Å². The monoisotopic (exact) mass is 686 g/mol. The van der Waals surface area contributed by atoms with Crippen molar-refractivity contribution in [3.63, 3.8) is 0 Å². The van der Waals surface area contributed by atoms with E-state index >= 15 is 8.78 Å². The Morgan fingerprint density at radius 2 is 1.79 bits per heavy atom. The number of halogens is 5. The smallest absolute Gasteiger partial charge is 0.416 e. The number of fused-ring (bicyclic) bond motifs is 1. The maximum Gasteiger partial charge on any atom is 0.416 e. The number of pyridine rings is 1. The molecule has 5 rings (SSSR count). The second-order valence-corrected chi connectivity index (χ2v) is 12.4. The Morgan fingerprint density at radius 1 is 1.04 bits per heavy atom. The number of ether oxygens (including phenoxy) is 2. The van der Waals surface area contributed by atoms with E-state index in [1.54, 1.807) is 13.8 Å². The minimum atomic E-state index is -4.83. The molecular formula is C36H35F5N2O4S. The second kappa shape index (κ2) is 14.9. The summed E-state index contributed by atoms with van der Waals surface area (Å²) < 4.78 is 84.9. The number of rotatable bonds is 12. The van der Waals surface area contributed by atoms with Crippen molar-refractivity contribution in [1.82, 2.24) is 9.88 Å². The van der Waals surface area contributed by atoms with Crippen molar-refractivity contribution >= 4 is 17.7 Å². The molecule has 2 atom stereocenters. The zero-order valence-corrected chi connectivity index (χ0v) is 27.4. The fourth-order valence-electron chi connectivity index (χ4n) is 6.16. The van der Waals surface area contributed by atoms with Gasteiger partial charge in [0.15, 0.2) is 0 Å². The highest BCUT2D eigenvalue weighted by atomic mass is 32.2. The average Bonchev–Trinajstić information content (AvgIpc) is 3.49. The molecule has 1 aromatic heterocycles. The normalized spacial score (nSPS) is 14.9. The van der Waals surface area contributed by atoms with Crippen LogP contribution in [0.2, 0.25) is 0 Å². The van der Waals surface area contributed by atoms with Gasteiger partial charge in [0.05, 0.1) is 42.0 Å². The quantitative estimate of drug-likeness (QED) is 0.0925. The number of hydrogen-bond donors (Lipinski definition) is 1. The molecule has 254 valence electrons. The third-order valence-electron chi connectivity index (χ3n) is 8.45. The Kier molecular flexibility index (Phi) is 10.9. The lowest BCUT2D eigenvalue weighted by atomic mass is 9.91. The van der Waals surface area contributed by atoms with Gasteiger partial charge in [-0.05, 0) is 67.8 Å². The predicted octanol–water partition coefficient (Wildman–Crippen LogP) is 8.04. The van der Waals surface area contributed by atoms with Crippen LogP contribution in [0.4, 0.5) is 22.0 Å². The Hall–Kier alpha value is -4.16. The van der Waals surface area contributed by atoms with Crippen molar-refractivity contribution in [2.75, 3.05) is 26.0 Å². The summed E-state index contributed by atoms with van der Waals surface area (Å²) >= 11 is 1.29. The molecule has 1 N–H and O–H groups in total. The lowest BCUT2D eigenvalue weighted by Gasteiger charge is -2.28. The van der Waals surface area contributed by atoms with E-state index in [0.29, 0.717) is 29.3 Å². The lowest BCUT2D eigenvalue weighted by Crippen LogP contribution is -2.36. The average molecular weight is 687 g/mol. The number of nitrogens with one attached hydrogen (secondary N) is 1. The molecular weight excluding hydrogens is 651 g/mol. The van der Waals surface area contributed by atoms with E-state index in [0.717, 1.165) is 29.8 Å². The molecule has 2 unspecified atom stereocenters. The summed E-state index contributed by atoms with van der Waals surface area (Å²) in [5.41, 5.74) is -0.869. The van der Waals surface area contributed by atoms with Crippen LogP contribution in [0.15, 0.2) is 76.6 Å². The van der Waals surface area contributed by atoms with Crippen LogP contribution in [-0.2, 0) is 22.1 Å². The van der Waals surface area contributed by atoms with Gasteiger partial charge in [-0.2, -0.15) is 13.2 Å². The number of aromatic nitrogens is 1. The highest BCUT2D eigenvalue weighted by Gasteiger charge is 2.38. The van der Waals surface area contributed by atoms with Gasteiger partial charge in [-0.3, -0.25) is 14.2 Å². The van der Waals surface area contributed by atoms with E-state index in [1.807, 2.05) is 30.3 Å². The van der Waals surface area contributed by atoms with E-state index in [-0.39, 0.29) is 41.4 Å². The maximum absolute atomic E-state index is 15.6. The standard InChI is InChI=1S/C36H35F5N2O4S/c1-4-47-31(44)14-9-17-42-33(22-10-6-5-7-11-22)30-20-48-35-25(19-26-27(36(39,40)41)12-8-13-28(26)37)21(2)32(34(45)43(30)35)24-16-15-23(46-3)18-29(24)38/h5-8,10-13,15-16,18,30,33,42H,4,9,14,17,19-20H2,1-3H3. The SMILES string of the molecule is CCOC(=O)CCCNC(c1ccccc1)C1CSc2c(Cc3c(F)cccc3C(F)(F)F)c(C)c(-c3ccc(OC)cc3F)c(=O)n21. The highest BCUT2D eigenvalue weighted by Crippen LogP contribution is 2.45. The molecule has 0 bridgehead atoms. The van der Waals surface area contributed by atoms with Gasteiger partial charge in [-0.25, -0.2) is 8.78 Å². The summed E-state index contributed by atoms with van der Waals surface area (Å²) in [4.78, 5) is 26.5. The van der Waals surface area contributed by atoms with Crippen LogP contribution in [0.3, 0.4) is 0 Å². The van der Waals surface area contributed by atoms with Crippen LogP contribution in [0.5, 0.6) is 5.75 Å². The summed E-state index contributed by atoms with van der Waals surface area (Å²) in [5.74, 6) is -1.53. The van der Waals surface area contributed by atoms with Gasteiger partial charge in [-0.1, -0.05) is 36.4 Å². The molecule has 3 aromatic carbocycles. The molecule has 1 aliphatic heterocycles. The molecule has 4 aromatic rings. The van der Waals surface area contributed by atoms with Crippen molar-refractivity contribution < 1.29 is 36.2 Å². The van der Waals surface area contributed by atoms with Crippen molar-refractivity contribution in [3.8, 4) is 16.9 Å². The number of nitrogens with zero attached hydrogens (tertiary/aromatic N) is 1. The first-order chi connectivity index (χ1) is 23.0. The minimum Gasteiger partial charge on any atom is -0.497 e. The first-order valence-corrected chi connectivity index (χ1v) is 16.5. The fraction of sp³-hybridized carbons (Fsp3) is 0.333. The third-order valence-corrected chi connectivity index (χ3v) is 9.68. The molecule has 2 heterocycles. The number of carbonyl (C=O) groups is 1. The van der Waals surface area contributed by atoms with Crippen molar-refractivity contribution in [2.24, 2.45) is 0 Å². The van der Waals surface area contributed by atoms with Crippen molar-refractivity contribution in [2.45, 2.75) is 56.4 Å². The number of alkyl halides is 3. The number of esters is 1. The first kappa shape index (κ1) is 35.2. The summed E-state index contributed by atoms with van der Waals surface area (Å²) in [5, 5.41) is 3.87. The van der Waals surface area contributed by atoms with Gasteiger partial charge < -0.3 is 14.8 Å². The summed E-state index contributed by atoms with van der Waals surface area (Å²) in [6, 6.07) is 15.1. The number of carbonyl (C=O) groups excluding carboxylic acids is 1. The first-order valence-electron chi connectivity index (χ1n) is 15.5. The zero-order valence-electron chi connectivity index (χ0n) is 26.6. The fourth-order valence-corrected chi connectivity index (χ4v) is 7.59. The molecule has 0 saturated heterocycles. The Bertz CT molecular complexity index is 1850. The summed E-state index contributed by atoms with van der Waals surface area (Å²) in [6.07, 6.45) is -4.66. The molecule has 0 aliphatic carbocycles. The molecule has 12 heteroatoms. The van der Waals surface area contributed by atoms with Crippen LogP contribution in [0.25, 0.3) is 11.1 Å². The second-order valence-electron chi connectivity index (χ2n) is 11.4. The van der Waals surface area contributed by atoms with Crippen LogP contribution in [-0.4, -0.2) is 36.6 Å². The van der Waals surface area contributed by atoms with Crippen LogP contribution in [0, 0.1) is 18.6 Å². The van der Waals surface area contributed by atoms with E-state index in [4.69, 9.17) is 9.47 Å². The van der Waals surface area contributed by atoms with Gasteiger partial charge in [0.1, 0.15) is 17.4 Å². The number of methoxy groups -OCH3 is 1. The predicted molar refractivity (Wildman–Crippen MR) is 174 cm³/mol. The van der Waals surface area contributed by atoms with E-state index in [1.165, 1.54) is 35.6 Å². The Labute approximate surface area is 279 Å². The molecule has 0 radical (unpaired) electrons. The molecule has 0 spiro atoms. The number of thioether (sulfide) groups is 1. The van der Waals surface area contributed by atoms with Gasteiger partial charge in [0.25, 0.3) is 5.56 Å². The van der Waals surface area contributed by atoms with E-state index in [9.17, 15) is 22.8 Å². The van der Waals surface area contributed by atoms with Gasteiger partial charge >= 0.3 is 12.1 Å². The number of benzene rings is 3. The number of hydrogen-bond acceptors (Lipinski definition) is 6. The third kappa shape index (κ3) is 7.29. The molecule has 1 aliphatic rings. The Morgan fingerprint density at radius 3 is 2.46 bits per heavy atom. The summed E-state index contributed by atoms with van der Waals surface area (Å²) in [6.45, 7) is 3.95. The lowest BCUT2D eigenvalue weighted by molar-refractivity contribution is -0.143.